The fourth-order valence-electron chi connectivity index (χ4n) is 2.88. The molecule has 24 heavy (non-hydrogen) atoms. The molecule has 0 unspecified atom stereocenters. The first-order valence-electron chi connectivity index (χ1n) is 7.59. The van der Waals surface area contributed by atoms with Gasteiger partial charge in [0.05, 0.1) is 11.5 Å². The Morgan fingerprint density at radius 1 is 1.17 bits per heavy atom. The standard InChI is InChI=1S/C14H18F3N5O.ClH/c15-14(16,17)11-8-19-13(20-9-11)22-5-3-21(4-6-22)12(23)10-1-2-18-7-10;/h8-10,18H,1-7H2;1H/t10-;/m1./s1. The molecule has 2 aliphatic heterocycles. The van der Waals surface area contributed by atoms with Gasteiger partial charge in [0.1, 0.15) is 0 Å². The number of aromatic nitrogens is 2. The summed E-state index contributed by atoms with van der Waals surface area (Å²) >= 11 is 0. The third-order valence-electron chi connectivity index (χ3n) is 4.25. The van der Waals surface area contributed by atoms with Gasteiger partial charge < -0.3 is 15.1 Å². The SMILES string of the molecule is Cl.O=C([C@@H]1CCNC1)N1CCN(c2ncc(C(F)(F)F)cn2)CC1. The van der Waals surface area contributed by atoms with Crippen LogP contribution in [-0.4, -0.2) is 60.0 Å². The molecule has 1 amide bonds. The first-order chi connectivity index (χ1) is 10.9. The van der Waals surface area contributed by atoms with Crippen molar-refractivity contribution in [2.45, 2.75) is 12.6 Å². The normalized spacial score (nSPS) is 21.5. The summed E-state index contributed by atoms with van der Waals surface area (Å²) in [5.74, 6) is 0.472. The predicted molar refractivity (Wildman–Crippen MR) is 84.1 cm³/mol. The van der Waals surface area contributed by atoms with Crippen LogP contribution in [0.15, 0.2) is 12.4 Å². The maximum Gasteiger partial charge on any atom is 0.419 e. The molecular weight excluding hydrogens is 347 g/mol. The van der Waals surface area contributed by atoms with Crippen LogP contribution in [-0.2, 0) is 11.0 Å². The molecule has 3 rings (SSSR count). The van der Waals surface area contributed by atoms with E-state index in [4.69, 9.17) is 0 Å². The van der Waals surface area contributed by atoms with Crippen LogP contribution in [0, 0.1) is 5.92 Å². The highest BCUT2D eigenvalue weighted by atomic mass is 35.5. The Morgan fingerprint density at radius 3 is 2.29 bits per heavy atom. The van der Waals surface area contributed by atoms with E-state index in [1.165, 1.54) is 0 Å². The zero-order valence-electron chi connectivity index (χ0n) is 12.9. The summed E-state index contributed by atoms with van der Waals surface area (Å²) in [6, 6.07) is 0. The number of carbonyl (C=O) groups excluding carboxylic acids is 1. The number of hydrogen-bond donors (Lipinski definition) is 1. The van der Waals surface area contributed by atoms with Crippen molar-refractivity contribution in [3.05, 3.63) is 18.0 Å². The van der Waals surface area contributed by atoms with E-state index in [1.54, 1.807) is 4.90 Å². The minimum absolute atomic E-state index is 0. The summed E-state index contributed by atoms with van der Waals surface area (Å²) in [5, 5.41) is 3.17. The Morgan fingerprint density at radius 2 is 1.79 bits per heavy atom. The fourth-order valence-corrected chi connectivity index (χ4v) is 2.88. The third-order valence-corrected chi connectivity index (χ3v) is 4.25. The molecule has 2 saturated heterocycles. The summed E-state index contributed by atoms with van der Waals surface area (Å²) in [6.45, 7) is 3.73. The minimum Gasteiger partial charge on any atom is -0.339 e. The topological polar surface area (TPSA) is 61.4 Å². The van der Waals surface area contributed by atoms with Crippen LogP contribution < -0.4 is 10.2 Å². The number of piperazine rings is 1. The number of hydrogen-bond acceptors (Lipinski definition) is 5. The van der Waals surface area contributed by atoms with E-state index in [2.05, 4.69) is 15.3 Å². The smallest absolute Gasteiger partial charge is 0.339 e. The summed E-state index contributed by atoms with van der Waals surface area (Å²) < 4.78 is 37.5. The molecule has 134 valence electrons. The molecule has 1 aromatic rings. The maximum atomic E-state index is 12.5. The summed E-state index contributed by atoms with van der Waals surface area (Å²) in [5.41, 5.74) is -0.858. The highest BCUT2D eigenvalue weighted by Crippen LogP contribution is 2.28. The van der Waals surface area contributed by atoms with Gasteiger partial charge in [-0.25, -0.2) is 9.97 Å². The second kappa shape index (κ2) is 7.52. The molecule has 0 aromatic carbocycles. The predicted octanol–water partition coefficient (Wildman–Crippen LogP) is 1.18. The van der Waals surface area contributed by atoms with Crippen LogP contribution >= 0.6 is 12.4 Å². The molecule has 0 spiro atoms. The van der Waals surface area contributed by atoms with E-state index in [-0.39, 0.29) is 30.2 Å². The van der Waals surface area contributed by atoms with Gasteiger partial charge in [0.25, 0.3) is 0 Å². The average molecular weight is 366 g/mol. The van der Waals surface area contributed by atoms with Gasteiger partial charge in [-0.15, -0.1) is 12.4 Å². The first kappa shape index (κ1) is 18.7. The van der Waals surface area contributed by atoms with E-state index < -0.39 is 11.7 Å². The van der Waals surface area contributed by atoms with Gasteiger partial charge in [0, 0.05) is 45.1 Å². The number of halogens is 4. The van der Waals surface area contributed by atoms with E-state index in [9.17, 15) is 18.0 Å². The lowest BCUT2D eigenvalue weighted by Gasteiger charge is -2.35. The van der Waals surface area contributed by atoms with E-state index in [0.29, 0.717) is 26.2 Å². The quantitative estimate of drug-likeness (QED) is 0.852. The van der Waals surface area contributed by atoms with Crippen LogP contribution in [0.5, 0.6) is 0 Å². The highest BCUT2D eigenvalue weighted by molar-refractivity contribution is 5.85. The van der Waals surface area contributed by atoms with Gasteiger partial charge >= 0.3 is 6.18 Å². The van der Waals surface area contributed by atoms with Crippen molar-refractivity contribution < 1.29 is 18.0 Å². The lowest BCUT2D eigenvalue weighted by atomic mass is 10.1. The molecule has 3 heterocycles. The molecule has 1 N–H and O–H groups in total. The maximum absolute atomic E-state index is 12.5. The van der Waals surface area contributed by atoms with Crippen LogP contribution in [0.4, 0.5) is 19.1 Å². The fraction of sp³-hybridized carbons (Fsp3) is 0.643. The van der Waals surface area contributed by atoms with Crippen LogP contribution in [0.2, 0.25) is 0 Å². The monoisotopic (exact) mass is 365 g/mol. The summed E-state index contributed by atoms with van der Waals surface area (Å²) in [6.07, 6.45) is -1.98. The van der Waals surface area contributed by atoms with Crippen molar-refractivity contribution in [1.29, 1.82) is 0 Å². The second-order valence-corrected chi connectivity index (χ2v) is 5.77. The van der Waals surface area contributed by atoms with Gasteiger partial charge in [0.2, 0.25) is 11.9 Å². The zero-order valence-corrected chi connectivity index (χ0v) is 13.7. The molecule has 2 fully saturated rings. The molecule has 0 saturated carbocycles. The largest absolute Gasteiger partial charge is 0.419 e. The van der Waals surface area contributed by atoms with Gasteiger partial charge in [0.15, 0.2) is 0 Å². The Kier molecular flexibility index (Phi) is 5.87. The summed E-state index contributed by atoms with van der Waals surface area (Å²) in [4.78, 5) is 23.5. The molecule has 2 aliphatic rings. The van der Waals surface area contributed by atoms with Crippen LogP contribution in [0.1, 0.15) is 12.0 Å². The average Bonchev–Trinajstić information content (AvgIpc) is 3.08. The minimum atomic E-state index is -4.43. The van der Waals surface area contributed by atoms with Crippen molar-refractivity contribution in [3.8, 4) is 0 Å². The highest BCUT2D eigenvalue weighted by Gasteiger charge is 2.32. The molecule has 0 radical (unpaired) electrons. The number of nitrogens with zero attached hydrogens (tertiary/aromatic N) is 4. The summed E-state index contributed by atoms with van der Waals surface area (Å²) in [7, 11) is 0. The van der Waals surface area contributed by atoms with E-state index >= 15 is 0 Å². The third kappa shape index (κ3) is 4.07. The van der Waals surface area contributed by atoms with Gasteiger partial charge in [-0.3, -0.25) is 4.79 Å². The number of anilines is 1. The molecule has 1 aromatic heterocycles. The van der Waals surface area contributed by atoms with Crippen molar-refractivity contribution >= 4 is 24.3 Å². The first-order valence-corrected chi connectivity index (χ1v) is 7.59. The molecule has 0 bridgehead atoms. The molecule has 10 heteroatoms. The van der Waals surface area contributed by atoms with Gasteiger partial charge in [-0.2, -0.15) is 13.2 Å². The number of alkyl halides is 3. The number of amides is 1. The Balaban J connectivity index is 0.00000208. The molecule has 1 atom stereocenters. The number of carbonyl (C=O) groups is 1. The lowest BCUT2D eigenvalue weighted by molar-refractivity contribution is -0.138. The molecule has 0 aliphatic carbocycles. The van der Waals surface area contributed by atoms with Crippen LogP contribution in [0.3, 0.4) is 0 Å². The number of nitrogens with one attached hydrogen (secondary N) is 1. The zero-order chi connectivity index (χ0) is 16.4. The molecular formula is C14H19ClF3N5O. The van der Waals surface area contributed by atoms with Gasteiger partial charge in [-0.1, -0.05) is 0 Å². The lowest BCUT2D eigenvalue weighted by Crippen LogP contribution is -2.51. The Labute approximate surface area is 143 Å². The van der Waals surface area contributed by atoms with Crippen molar-refractivity contribution in [2.24, 2.45) is 5.92 Å². The second-order valence-electron chi connectivity index (χ2n) is 5.77. The van der Waals surface area contributed by atoms with Crippen molar-refractivity contribution in [3.63, 3.8) is 0 Å². The Bertz CT molecular complexity index is 555. The van der Waals surface area contributed by atoms with Crippen LogP contribution in [0.25, 0.3) is 0 Å². The Hall–Kier alpha value is -1.61. The van der Waals surface area contributed by atoms with E-state index in [1.807, 2.05) is 4.90 Å². The molecule has 6 nitrogen and oxygen atoms in total. The van der Waals surface area contributed by atoms with Crippen molar-refractivity contribution in [1.82, 2.24) is 20.2 Å². The van der Waals surface area contributed by atoms with Crippen molar-refractivity contribution in [2.75, 3.05) is 44.2 Å². The van der Waals surface area contributed by atoms with E-state index in [0.717, 1.165) is 31.9 Å². The number of rotatable bonds is 2. The van der Waals surface area contributed by atoms with Gasteiger partial charge in [-0.05, 0) is 13.0 Å².